The third-order valence-electron chi connectivity index (χ3n) is 4.67. The number of ether oxygens (including phenoxy) is 2. The fourth-order valence-corrected chi connectivity index (χ4v) is 4.13. The Morgan fingerprint density at radius 2 is 1.66 bits per heavy atom. The highest BCUT2D eigenvalue weighted by atomic mass is 32.2. The third-order valence-corrected chi connectivity index (χ3v) is 6.45. The molecule has 0 unspecified atom stereocenters. The van der Waals surface area contributed by atoms with Crippen LogP contribution in [0.5, 0.6) is 11.5 Å². The molecule has 3 aromatic rings. The van der Waals surface area contributed by atoms with Crippen LogP contribution in [0.1, 0.15) is 10.4 Å². The molecule has 3 aromatic carbocycles. The van der Waals surface area contributed by atoms with Crippen molar-refractivity contribution < 1.29 is 27.1 Å². The molecule has 1 amide bonds. The third kappa shape index (κ3) is 5.36. The van der Waals surface area contributed by atoms with Gasteiger partial charge in [-0.05, 0) is 60.7 Å². The topological polar surface area (TPSA) is 84.9 Å². The van der Waals surface area contributed by atoms with Crippen molar-refractivity contribution >= 4 is 21.6 Å². The van der Waals surface area contributed by atoms with Gasteiger partial charge in [-0.2, -0.15) is 0 Å². The number of nitrogens with one attached hydrogen (secondary N) is 1. The monoisotopic (exact) mass is 458 g/mol. The van der Waals surface area contributed by atoms with Gasteiger partial charge in [0.2, 0.25) is 0 Å². The fourth-order valence-electron chi connectivity index (χ4n) is 2.92. The van der Waals surface area contributed by atoms with E-state index in [0.717, 1.165) is 4.31 Å². The second kappa shape index (κ2) is 10.1. The van der Waals surface area contributed by atoms with Gasteiger partial charge >= 0.3 is 0 Å². The largest absolute Gasteiger partial charge is 0.495 e. The number of anilines is 1. The smallest absolute Gasteiger partial charge is 0.264 e. The zero-order chi connectivity index (χ0) is 23.1. The van der Waals surface area contributed by atoms with Crippen molar-refractivity contribution in [2.75, 3.05) is 31.6 Å². The van der Waals surface area contributed by atoms with Crippen LogP contribution in [0, 0.1) is 5.82 Å². The van der Waals surface area contributed by atoms with Crippen molar-refractivity contribution in [2.24, 2.45) is 0 Å². The standard InChI is InChI=1S/C23H23FN2O5S/c1-26(21-5-3-4-6-22(21)30-2)32(28,29)20-13-7-17(8-14-20)23(27)25-15-16-31-19-11-9-18(24)10-12-19/h3-14H,15-16H2,1-2H3,(H,25,27). The molecule has 0 aliphatic heterocycles. The van der Waals surface area contributed by atoms with E-state index in [1.54, 1.807) is 24.3 Å². The lowest BCUT2D eigenvalue weighted by atomic mass is 10.2. The summed E-state index contributed by atoms with van der Waals surface area (Å²) in [5.74, 6) is 0.201. The van der Waals surface area contributed by atoms with Crippen LogP contribution in [-0.2, 0) is 10.0 Å². The number of methoxy groups -OCH3 is 1. The summed E-state index contributed by atoms with van der Waals surface area (Å²) in [6.45, 7) is 0.431. The number of para-hydroxylation sites is 2. The second-order valence-corrected chi connectivity index (χ2v) is 8.70. The quantitative estimate of drug-likeness (QED) is 0.497. The molecule has 0 heterocycles. The van der Waals surface area contributed by atoms with Crippen molar-refractivity contribution in [1.82, 2.24) is 5.32 Å². The molecular weight excluding hydrogens is 435 g/mol. The number of sulfonamides is 1. The molecule has 0 bridgehead atoms. The lowest BCUT2D eigenvalue weighted by Crippen LogP contribution is -2.29. The van der Waals surface area contributed by atoms with E-state index in [0.29, 0.717) is 22.7 Å². The van der Waals surface area contributed by atoms with E-state index < -0.39 is 10.0 Å². The Kier molecular flexibility index (Phi) is 7.32. The maximum atomic E-state index is 13.0. The van der Waals surface area contributed by atoms with Crippen LogP contribution < -0.4 is 19.1 Å². The van der Waals surface area contributed by atoms with Gasteiger partial charge in [-0.1, -0.05) is 12.1 Å². The zero-order valence-electron chi connectivity index (χ0n) is 17.6. The fraction of sp³-hybridized carbons (Fsp3) is 0.174. The average Bonchev–Trinajstić information content (AvgIpc) is 2.82. The number of carbonyl (C=O) groups is 1. The summed E-state index contributed by atoms with van der Waals surface area (Å²) in [6, 6.07) is 18.0. The van der Waals surface area contributed by atoms with Crippen LogP contribution in [0.4, 0.5) is 10.1 Å². The van der Waals surface area contributed by atoms with Gasteiger partial charge < -0.3 is 14.8 Å². The first-order valence-electron chi connectivity index (χ1n) is 9.71. The minimum atomic E-state index is -3.85. The summed E-state index contributed by atoms with van der Waals surface area (Å²) < 4.78 is 50.6. The van der Waals surface area contributed by atoms with Crippen molar-refractivity contribution in [1.29, 1.82) is 0 Å². The molecule has 1 N–H and O–H groups in total. The Morgan fingerprint density at radius 3 is 2.31 bits per heavy atom. The van der Waals surface area contributed by atoms with E-state index in [-0.39, 0.29) is 29.8 Å². The summed E-state index contributed by atoms with van der Waals surface area (Å²) in [7, 11) is -0.938. The van der Waals surface area contributed by atoms with Crippen LogP contribution in [0.3, 0.4) is 0 Å². The van der Waals surface area contributed by atoms with Crippen molar-refractivity contribution in [3.63, 3.8) is 0 Å². The maximum absolute atomic E-state index is 13.0. The van der Waals surface area contributed by atoms with Gasteiger partial charge in [-0.15, -0.1) is 0 Å². The van der Waals surface area contributed by atoms with Gasteiger partial charge in [0.1, 0.15) is 23.9 Å². The van der Waals surface area contributed by atoms with Crippen molar-refractivity contribution in [3.8, 4) is 11.5 Å². The highest BCUT2D eigenvalue weighted by Crippen LogP contribution is 2.30. The van der Waals surface area contributed by atoms with Crippen molar-refractivity contribution in [3.05, 3.63) is 84.2 Å². The van der Waals surface area contributed by atoms with Gasteiger partial charge in [0.25, 0.3) is 15.9 Å². The number of benzene rings is 3. The molecule has 3 rings (SSSR count). The van der Waals surface area contributed by atoms with Gasteiger partial charge in [-0.25, -0.2) is 12.8 Å². The lowest BCUT2D eigenvalue weighted by molar-refractivity contribution is 0.0947. The minimum absolute atomic E-state index is 0.0436. The van der Waals surface area contributed by atoms with Gasteiger partial charge in [0.15, 0.2) is 0 Å². The van der Waals surface area contributed by atoms with Gasteiger partial charge in [-0.3, -0.25) is 9.10 Å². The highest BCUT2D eigenvalue weighted by molar-refractivity contribution is 7.92. The number of carbonyl (C=O) groups excluding carboxylic acids is 1. The summed E-state index contributed by atoms with van der Waals surface area (Å²) in [5.41, 5.74) is 0.712. The molecular formula is C23H23FN2O5S. The maximum Gasteiger partial charge on any atom is 0.264 e. The molecule has 168 valence electrons. The van der Waals surface area contributed by atoms with E-state index >= 15 is 0 Å². The molecule has 0 radical (unpaired) electrons. The molecule has 0 aliphatic rings. The minimum Gasteiger partial charge on any atom is -0.495 e. The Hall–Kier alpha value is -3.59. The molecule has 0 aromatic heterocycles. The molecule has 32 heavy (non-hydrogen) atoms. The molecule has 0 saturated heterocycles. The molecule has 0 saturated carbocycles. The van der Waals surface area contributed by atoms with E-state index in [2.05, 4.69) is 5.32 Å². The van der Waals surface area contributed by atoms with Crippen molar-refractivity contribution in [2.45, 2.75) is 4.90 Å². The first-order valence-corrected chi connectivity index (χ1v) is 11.2. The number of hydrogen-bond donors (Lipinski definition) is 1. The van der Waals surface area contributed by atoms with E-state index in [4.69, 9.17) is 9.47 Å². The number of halogens is 1. The number of amides is 1. The van der Waals surface area contributed by atoms with E-state index in [9.17, 15) is 17.6 Å². The molecule has 9 heteroatoms. The normalized spacial score (nSPS) is 11.0. The molecule has 7 nitrogen and oxygen atoms in total. The summed E-state index contributed by atoms with van der Waals surface area (Å²) >= 11 is 0. The number of rotatable bonds is 9. The van der Waals surface area contributed by atoms with Crippen LogP contribution >= 0.6 is 0 Å². The zero-order valence-corrected chi connectivity index (χ0v) is 18.4. The Balaban J connectivity index is 1.60. The number of nitrogens with zero attached hydrogens (tertiary/aromatic N) is 1. The first-order chi connectivity index (χ1) is 15.3. The Labute approximate surface area is 186 Å². The van der Waals surface area contributed by atoms with E-state index in [1.807, 2.05) is 0 Å². The van der Waals surface area contributed by atoms with Gasteiger partial charge in [0.05, 0.1) is 24.2 Å². The van der Waals surface area contributed by atoms with Crippen LogP contribution in [0.2, 0.25) is 0 Å². The Morgan fingerprint density at radius 1 is 1.00 bits per heavy atom. The molecule has 0 spiro atoms. The van der Waals surface area contributed by atoms with E-state index in [1.165, 1.54) is 62.7 Å². The second-order valence-electron chi connectivity index (χ2n) is 6.73. The summed E-state index contributed by atoms with van der Waals surface area (Å²) in [6.07, 6.45) is 0. The van der Waals surface area contributed by atoms with Crippen LogP contribution in [0.25, 0.3) is 0 Å². The molecule has 0 aliphatic carbocycles. The van der Waals surface area contributed by atoms with Gasteiger partial charge in [0, 0.05) is 12.6 Å². The highest BCUT2D eigenvalue weighted by Gasteiger charge is 2.23. The summed E-state index contributed by atoms with van der Waals surface area (Å²) in [5, 5.41) is 2.69. The first kappa shape index (κ1) is 23.1. The molecule has 0 fully saturated rings. The van der Waals surface area contributed by atoms with Crippen LogP contribution in [0.15, 0.2) is 77.7 Å². The number of hydrogen-bond acceptors (Lipinski definition) is 5. The lowest BCUT2D eigenvalue weighted by Gasteiger charge is -2.21. The predicted octanol–water partition coefficient (Wildman–Crippen LogP) is 3.47. The summed E-state index contributed by atoms with van der Waals surface area (Å²) in [4.78, 5) is 12.4. The predicted molar refractivity (Wildman–Crippen MR) is 119 cm³/mol. The van der Waals surface area contributed by atoms with Crippen LogP contribution in [-0.4, -0.2) is 41.6 Å². The SMILES string of the molecule is COc1ccccc1N(C)S(=O)(=O)c1ccc(C(=O)NCCOc2ccc(F)cc2)cc1. The molecule has 0 atom stereocenters. The average molecular weight is 459 g/mol. The Bertz CT molecular complexity index is 1170.